The number of carbonyl (C=O) groups is 4. The smallest absolute Gasteiger partial charge is 0.329 e. The van der Waals surface area contributed by atoms with Crippen LogP contribution < -0.4 is 0 Å². The number of hydrogen-bond acceptors (Lipinski definition) is 6. The van der Waals surface area contributed by atoms with E-state index in [1.807, 2.05) is 0 Å². The number of ether oxygens (including phenoxy) is 2. The van der Waals surface area contributed by atoms with Gasteiger partial charge in [0.25, 0.3) is 0 Å². The first-order valence-electron chi connectivity index (χ1n) is 5.98. The summed E-state index contributed by atoms with van der Waals surface area (Å²) in [4.78, 5) is 48.2. The van der Waals surface area contributed by atoms with Crippen LogP contribution in [0.25, 0.3) is 0 Å². The number of rotatable bonds is 3. The van der Waals surface area contributed by atoms with Gasteiger partial charge in [0, 0.05) is 13.1 Å². The fourth-order valence-corrected chi connectivity index (χ4v) is 2.25. The van der Waals surface area contributed by atoms with Crippen LogP contribution in [-0.4, -0.2) is 48.8 Å². The van der Waals surface area contributed by atoms with Crippen LogP contribution in [0.3, 0.4) is 0 Å². The Morgan fingerprint density at radius 2 is 1.55 bits per heavy atom. The van der Waals surface area contributed by atoms with E-state index in [4.69, 9.17) is 0 Å². The second kappa shape index (κ2) is 6.31. The first kappa shape index (κ1) is 15.9. The van der Waals surface area contributed by atoms with Crippen LogP contribution in [0.4, 0.5) is 0 Å². The molecule has 0 aromatic heterocycles. The van der Waals surface area contributed by atoms with Gasteiger partial charge in [-0.15, -0.1) is 0 Å². The summed E-state index contributed by atoms with van der Waals surface area (Å²) in [6, 6.07) is -1.20. The first-order valence-corrected chi connectivity index (χ1v) is 5.98. The molecule has 0 aliphatic carbocycles. The van der Waals surface area contributed by atoms with Gasteiger partial charge < -0.3 is 14.4 Å². The molecule has 3 unspecified atom stereocenters. The maximum absolute atomic E-state index is 11.9. The molecule has 1 amide bonds. The van der Waals surface area contributed by atoms with Gasteiger partial charge in [-0.1, -0.05) is 6.08 Å². The zero-order valence-electron chi connectivity index (χ0n) is 11.8. The average molecular weight is 283 g/mol. The van der Waals surface area contributed by atoms with E-state index in [-0.39, 0.29) is 5.78 Å². The van der Waals surface area contributed by atoms with E-state index < -0.39 is 35.7 Å². The third kappa shape index (κ3) is 2.87. The maximum atomic E-state index is 11.9. The predicted molar refractivity (Wildman–Crippen MR) is 67.1 cm³/mol. The number of methoxy groups -OCH3 is 2. The molecule has 1 aliphatic heterocycles. The maximum Gasteiger partial charge on any atom is 0.329 e. The van der Waals surface area contributed by atoms with Crippen LogP contribution in [0, 0.1) is 11.8 Å². The lowest BCUT2D eigenvalue weighted by Crippen LogP contribution is -2.54. The van der Waals surface area contributed by atoms with E-state index in [0.717, 1.165) is 19.1 Å². The van der Waals surface area contributed by atoms with Gasteiger partial charge in [0.15, 0.2) is 0 Å². The van der Waals surface area contributed by atoms with Crippen molar-refractivity contribution in [2.75, 3.05) is 14.2 Å². The van der Waals surface area contributed by atoms with E-state index in [1.54, 1.807) is 0 Å². The largest absolute Gasteiger partial charge is 0.469 e. The lowest BCUT2D eigenvalue weighted by Gasteiger charge is -2.37. The lowest BCUT2D eigenvalue weighted by molar-refractivity contribution is -0.164. The van der Waals surface area contributed by atoms with Crippen LogP contribution in [-0.2, 0) is 28.7 Å². The molecule has 0 bridgehead atoms. The molecule has 1 rings (SSSR count). The Bertz CT molecular complexity index is 427. The molecule has 3 atom stereocenters. The molecule has 0 fully saturated rings. The van der Waals surface area contributed by atoms with Crippen molar-refractivity contribution >= 4 is 23.6 Å². The number of hydrogen-bond donors (Lipinski definition) is 0. The normalized spacial score (nSPS) is 25.0. The van der Waals surface area contributed by atoms with Crippen LogP contribution in [0.15, 0.2) is 12.3 Å². The molecule has 0 radical (unpaired) electrons. The molecule has 1 aliphatic rings. The van der Waals surface area contributed by atoms with E-state index >= 15 is 0 Å². The minimum atomic E-state index is -1.20. The van der Waals surface area contributed by atoms with Crippen molar-refractivity contribution in [3.8, 4) is 0 Å². The van der Waals surface area contributed by atoms with E-state index in [1.165, 1.54) is 26.1 Å². The van der Waals surface area contributed by atoms with Crippen molar-refractivity contribution < 1.29 is 28.7 Å². The Hall–Kier alpha value is -2.18. The highest BCUT2D eigenvalue weighted by Gasteiger charge is 2.48. The zero-order valence-corrected chi connectivity index (χ0v) is 11.8. The summed E-state index contributed by atoms with van der Waals surface area (Å²) in [6.45, 7) is 2.56. The van der Waals surface area contributed by atoms with Gasteiger partial charge in [0.2, 0.25) is 5.91 Å². The second-order valence-electron chi connectivity index (χ2n) is 4.42. The fourth-order valence-electron chi connectivity index (χ4n) is 2.25. The third-order valence-corrected chi connectivity index (χ3v) is 3.23. The van der Waals surface area contributed by atoms with Crippen molar-refractivity contribution in [3.05, 3.63) is 12.3 Å². The molecule has 0 saturated heterocycles. The van der Waals surface area contributed by atoms with E-state index in [2.05, 4.69) is 9.47 Å². The summed E-state index contributed by atoms with van der Waals surface area (Å²) < 4.78 is 9.29. The molecule has 0 aromatic carbocycles. The molecule has 7 nitrogen and oxygen atoms in total. The van der Waals surface area contributed by atoms with Gasteiger partial charge in [-0.2, -0.15) is 0 Å². The Kier molecular flexibility index (Phi) is 5.01. The third-order valence-electron chi connectivity index (χ3n) is 3.23. The van der Waals surface area contributed by atoms with Crippen molar-refractivity contribution in [1.82, 2.24) is 4.90 Å². The van der Waals surface area contributed by atoms with Crippen LogP contribution in [0.5, 0.6) is 0 Å². The van der Waals surface area contributed by atoms with Crippen molar-refractivity contribution in [1.29, 1.82) is 0 Å². The molecule has 0 spiro atoms. The lowest BCUT2D eigenvalue weighted by atomic mass is 9.80. The van der Waals surface area contributed by atoms with Crippen LogP contribution >= 0.6 is 0 Å². The molecular formula is C13H17NO6. The van der Waals surface area contributed by atoms with Gasteiger partial charge in [-0.3, -0.25) is 14.4 Å². The Labute approximate surface area is 116 Å². The number of ketones is 1. The molecule has 0 N–H and O–H groups in total. The monoisotopic (exact) mass is 283 g/mol. The Morgan fingerprint density at radius 1 is 1.00 bits per heavy atom. The molecular weight excluding hydrogens is 266 g/mol. The predicted octanol–water partition coefficient (Wildman–Crippen LogP) is -0.102. The van der Waals surface area contributed by atoms with Gasteiger partial charge in [-0.05, 0) is 6.92 Å². The van der Waals surface area contributed by atoms with Crippen molar-refractivity contribution in [2.45, 2.75) is 19.9 Å². The topological polar surface area (TPSA) is 90.0 Å². The molecule has 1 heterocycles. The molecule has 20 heavy (non-hydrogen) atoms. The highest BCUT2D eigenvalue weighted by Crippen LogP contribution is 2.30. The van der Waals surface area contributed by atoms with E-state index in [9.17, 15) is 19.2 Å². The van der Waals surface area contributed by atoms with Gasteiger partial charge in [-0.25, -0.2) is 4.79 Å². The van der Waals surface area contributed by atoms with Gasteiger partial charge in [0.05, 0.1) is 20.1 Å². The quantitative estimate of drug-likeness (QED) is 0.672. The summed E-state index contributed by atoms with van der Waals surface area (Å²) >= 11 is 0. The second-order valence-corrected chi connectivity index (χ2v) is 4.42. The number of carbonyl (C=O) groups excluding carboxylic acids is 4. The number of Topliss-reactive ketones (excluding diaryl/α,β-unsaturated/α-hetero) is 1. The number of esters is 2. The highest BCUT2D eigenvalue weighted by molar-refractivity contribution is 5.94. The minimum absolute atomic E-state index is 0.297. The number of amides is 1. The SMILES string of the molecule is COC(=O)C1C(C(C)=O)C=CN(C(C)=O)C1C(=O)OC. The summed E-state index contributed by atoms with van der Waals surface area (Å²) in [5.41, 5.74) is 0. The van der Waals surface area contributed by atoms with Crippen LogP contribution in [0.2, 0.25) is 0 Å². The highest BCUT2D eigenvalue weighted by atomic mass is 16.5. The molecule has 0 aromatic rings. The summed E-state index contributed by atoms with van der Waals surface area (Å²) in [7, 11) is 2.31. The Morgan fingerprint density at radius 3 is 1.95 bits per heavy atom. The first-order chi connectivity index (χ1) is 9.34. The Balaban J connectivity index is 3.34. The van der Waals surface area contributed by atoms with Gasteiger partial charge in [0.1, 0.15) is 17.7 Å². The van der Waals surface area contributed by atoms with Crippen molar-refractivity contribution in [2.24, 2.45) is 11.8 Å². The standard InChI is InChI=1S/C13H17NO6/c1-7(15)9-5-6-14(8(2)16)11(13(18)20-4)10(9)12(17)19-3/h5-6,9-11H,1-4H3. The molecule has 7 heteroatoms. The molecule has 110 valence electrons. The minimum Gasteiger partial charge on any atom is -0.469 e. The summed E-state index contributed by atoms with van der Waals surface area (Å²) in [6.07, 6.45) is 2.75. The molecule has 0 saturated carbocycles. The summed E-state index contributed by atoms with van der Waals surface area (Å²) in [5, 5.41) is 0. The average Bonchev–Trinajstić information content (AvgIpc) is 2.43. The summed E-state index contributed by atoms with van der Waals surface area (Å²) in [5.74, 6) is -4.19. The van der Waals surface area contributed by atoms with Gasteiger partial charge >= 0.3 is 11.9 Å². The zero-order chi connectivity index (χ0) is 15.4. The number of allylic oxidation sites excluding steroid dienone is 1. The fraction of sp³-hybridized carbons (Fsp3) is 0.538. The van der Waals surface area contributed by atoms with E-state index in [0.29, 0.717) is 0 Å². The number of nitrogens with zero attached hydrogens (tertiary/aromatic N) is 1. The van der Waals surface area contributed by atoms with Crippen LogP contribution in [0.1, 0.15) is 13.8 Å². The van der Waals surface area contributed by atoms with Crippen molar-refractivity contribution in [3.63, 3.8) is 0 Å².